The molecule has 0 saturated carbocycles. The highest BCUT2D eigenvalue weighted by atomic mass is 32.1. The van der Waals surface area contributed by atoms with Crippen molar-refractivity contribution in [3.63, 3.8) is 0 Å². The van der Waals surface area contributed by atoms with Gasteiger partial charge in [-0.15, -0.1) is 0 Å². The molecule has 0 fully saturated rings. The Labute approximate surface area is 169 Å². The van der Waals surface area contributed by atoms with E-state index >= 15 is 0 Å². The summed E-state index contributed by atoms with van der Waals surface area (Å²) in [5, 5.41) is 9.58. The summed E-state index contributed by atoms with van der Waals surface area (Å²) in [6.07, 6.45) is 22.9. The molecule has 154 valence electrons. The lowest BCUT2D eigenvalue weighted by Crippen LogP contribution is -1.95. The Morgan fingerprint density at radius 3 is 2.00 bits per heavy atom. The zero-order valence-electron chi connectivity index (χ0n) is 17.1. The summed E-state index contributed by atoms with van der Waals surface area (Å²) in [5.74, 6) is -0.882. The summed E-state index contributed by atoms with van der Waals surface area (Å²) in [6, 6.07) is 3.35. The van der Waals surface area contributed by atoms with Crippen molar-refractivity contribution in [3.05, 3.63) is 29.2 Å². The van der Waals surface area contributed by atoms with Crippen LogP contribution in [0.5, 0.6) is 5.06 Å². The molecule has 0 bridgehead atoms. The standard InChI is InChI=1S/C23H38O3S/c1-2-3-4-5-6-7-8-9-10-11-12-13-14-15-16-17-20-26-22-19-18-21(27-22)23(24)25/h9-10,18-19H,2-8,11-17,20H2,1H3,(H,24,25)/b10-9-. The Hall–Kier alpha value is -1.29. The average molecular weight is 395 g/mol. The monoisotopic (exact) mass is 394 g/mol. The maximum atomic E-state index is 10.8. The number of carboxylic acid groups (broad SMARTS) is 1. The number of aromatic carboxylic acids is 1. The number of unbranched alkanes of at least 4 members (excludes halogenated alkanes) is 12. The van der Waals surface area contributed by atoms with E-state index < -0.39 is 5.97 Å². The van der Waals surface area contributed by atoms with E-state index in [0.717, 1.165) is 6.42 Å². The SMILES string of the molecule is CCCCCCCC/C=C\CCCCCCCCOc1ccc(C(=O)O)s1. The molecule has 0 spiro atoms. The first-order valence-electron chi connectivity index (χ1n) is 10.8. The average Bonchev–Trinajstić information content (AvgIpc) is 3.13. The molecular weight excluding hydrogens is 356 g/mol. The Morgan fingerprint density at radius 2 is 1.44 bits per heavy atom. The molecule has 0 aromatic carbocycles. The summed E-state index contributed by atoms with van der Waals surface area (Å²) in [5.41, 5.74) is 0. The van der Waals surface area contributed by atoms with Crippen LogP contribution in [-0.4, -0.2) is 17.7 Å². The Bertz CT molecular complexity index is 507. The van der Waals surface area contributed by atoms with Crippen LogP contribution in [0, 0.1) is 0 Å². The molecule has 1 rings (SSSR count). The molecule has 0 atom stereocenters. The van der Waals surface area contributed by atoms with E-state index in [0.29, 0.717) is 16.5 Å². The summed E-state index contributed by atoms with van der Waals surface area (Å²) in [7, 11) is 0. The second-order valence-electron chi connectivity index (χ2n) is 7.21. The maximum absolute atomic E-state index is 10.8. The molecule has 1 aromatic rings. The number of ether oxygens (including phenoxy) is 1. The van der Waals surface area contributed by atoms with Gasteiger partial charge < -0.3 is 9.84 Å². The maximum Gasteiger partial charge on any atom is 0.345 e. The number of thiophene rings is 1. The molecule has 1 heterocycles. The van der Waals surface area contributed by atoms with Gasteiger partial charge in [-0.05, 0) is 44.2 Å². The van der Waals surface area contributed by atoms with Crippen LogP contribution >= 0.6 is 11.3 Å². The number of hydrogen-bond donors (Lipinski definition) is 1. The summed E-state index contributed by atoms with van der Waals surface area (Å²) in [6.45, 7) is 2.95. The van der Waals surface area contributed by atoms with Gasteiger partial charge in [-0.2, -0.15) is 0 Å². The quantitative estimate of drug-likeness (QED) is 0.203. The fourth-order valence-electron chi connectivity index (χ4n) is 3.04. The summed E-state index contributed by atoms with van der Waals surface area (Å²) < 4.78 is 5.60. The molecule has 0 unspecified atom stereocenters. The van der Waals surface area contributed by atoms with Gasteiger partial charge >= 0.3 is 5.97 Å². The number of hydrogen-bond acceptors (Lipinski definition) is 3. The van der Waals surface area contributed by atoms with Gasteiger partial charge in [-0.25, -0.2) is 4.79 Å². The third-order valence-corrected chi connectivity index (χ3v) is 5.68. The third-order valence-electron chi connectivity index (χ3n) is 4.69. The van der Waals surface area contributed by atoms with Gasteiger partial charge in [-0.1, -0.05) is 88.2 Å². The van der Waals surface area contributed by atoms with Crippen molar-refractivity contribution in [2.24, 2.45) is 0 Å². The van der Waals surface area contributed by atoms with Crippen molar-refractivity contribution in [2.75, 3.05) is 6.61 Å². The van der Waals surface area contributed by atoms with Gasteiger partial charge in [0.1, 0.15) is 4.88 Å². The predicted octanol–water partition coefficient (Wildman–Crippen LogP) is 7.86. The molecule has 1 aromatic heterocycles. The lowest BCUT2D eigenvalue weighted by molar-refractivity contribution is 0.0702. The van der Waals surface area contributed by atoms with Crippen LogP contribution in [0.3, 0.4) is 0 Å². The van der Waals surface area contributed by atoms with E-state index in [4.69, 9.17) is 9.84 Å². The molecule has 1 N–H and O–H groups in total. The van der Waals surface area contributed by atoms with Crippen LogP contribution < -0.4 is 4.74 Å². The minimum Gasteiger partial charge on any atom is -0.484 e. The highest BCUT2D eigenvalue weighted by molar-refractivity contribution is 7.15. The zero-order chi connectivity index (χ0) is 19.6. The second kappa shape index (κ2) is 16.9. The Balaban J connectivity index is 1.81. The molecule has 3 nitrogen and oxygen atoms in total. The normalized spacial score (nSPS) is 11.3. The minimum absolute atomic E-state index is 0.339. The molecular formula is C23H38O3S. The van der Waals surface area contributed by atoms with Crippen molar-refractivity contribution in [2.45, 2.75) is 96.8 Å². The first-order chi connectivity index (χ1) is 13.2. The first-order valence-corrected chi connectivity index (χ1v) is 11.7. The smallest absolute Gasteiger partial charge is 0.345 e. The van der Waals surface area contributed by atoms with E-state index in [1.807, 2.05) is 0 Å². The van der Waals surface area contributed by atoms with Crippen molar-refractivity contribution in [3.8, 4) is 5.06 Å². The molecule has 0 radical (unpaired) electrons. The lowest BCUT2D eigenvalue weighted by Gasteiger charge is -2.03. The topological polar surface area (TPSA) is 46.5 Å². The lowest BCUT2D eigenvalue weighted by atomic mass is 10.1. The van der Waals surface area contributed by atoms with Crippen LogP contribution in [0.4, 0.5) is 0 Å². The van der Waals surface area contributed by atoms with Gasteiger partial charge in [0, 0.05) is 0 Å². The van der Waals surface area contributed by atoms with Gasteiger partial charge in [-0.3, -0.25) is 0 Å². The minimum atomic E-state index is -0.882. The largest absolute Gasteiger partial charge is 0.484 e. The van der Waals surface area contributed by atoms with Gasteiger partial charge in [0.25, 0.3) is 0 Å². The van der Waals surface area contributed by atoms with Crippen molar-refractivity contribution in [1.29, 1.82) is 0 Å². The molecule has 27 heavy (non-hydrogen) atoms. The van der Waals surface area contributed by atoms with E-state index in [1.54, 1.807) is 12.1 Å². The Morgan fingerprint density at radius 1 is 0.889 bits per heavy atom. The van der Waals surface area contributed by atoms with Gasteiger partial charge in [0.05, 0.1) is 6.61 Å². The first kappa shape index (κ1) is 23.7. The Kier molecular flexibility index (Phi) is 14.8. The van der Waals surface area contributed by atoms with Crippen molar-refractivity contribution < 1.29 is 14.6 Å². The molecule has 0 saturated heterocycles. The molecule has 0 aliphatic rings. The van der Waals surface area contributed by atoms with Crippen LogP contribution in [0.15, 0.2) is 24.3 Å². The van der Waals surface area contributed by atoms with Gasteiger partial charge in [0.2, 0.25) is 0 Å². The third kappa shape index (κ3) is 13.5. The van der Waals surface area contributed by atoms with Crippen LogP contribution in [0.1, 0.15) is 106 Å². The predicted molar refractivity (Wildman–Crippen MR) is 116 cm³/mol. The van der Waals surface area contributed by atoms with E-state index in [9.17, 15) is 4.79 Å². The molecule has 0 amide bonds. The van der Waals surface area contributed by atoms with Crippen LogP contribution in [0.2, 0.25) is 0 Å². The van der Waals surface area contributed by atoms with E-state index in [-0.39, 0.29) is 0 Å². The fraction of sp³-hybridized carbons (Fsp3) is 0.696. The fourth-order valence-corrected chi connectivity index (χ4v) is 3.75. The van der Waals surface area contributed by atoms with Gasteiger partial charge in [0.15, 0.2) is 5.06 Å². The highest BCUT2D eigenvalue weighted by Gasteiger charge is 2.07. The zero-order valence-corrected chi connectivity index (χ0v) is 17.9. The summed E-state index contributed by atoms with van der Waals surface area (Å²) in [4.78, 5) is 11.1. The van der Waals surface area contributed by atoms with E-state index in [1.165, 1.54) is 94.8 Å². The van der Waals surface area contributed by atoms with Crippen LogP contribution in [0.25, 0.3) is 0 Å². The van der Waals surface area contributed by atoms with Crippen molar-refractivity contribution >= 4 is 17.3 Å². The summed E-state index contributed by atoms with van der Waals surface area (Å²) >= 11 is 1.20. The molecule has 0 aliphatic heterocycles. The second-order valence-corrected chi connectivity index (χ2v) is 8.26. The van der Waals surface area contributed by atoms with E-state index in [2.05, 4.69) is 19.1 Å². The molecule has 0 aliphatic carbocycles. The number of allylic oxidation sites excluding steroid dienone is 2. The number of carboxylic acids is 1. The van der Waals surface area contributed by atoms with Crippen molar-refractivity contribution in [1.82, 2.24) is 0 Å². The highest BCUT2D eigenvalue weighted by Crippen LogP contribution is 2.24. The number of rotatable bonds is 18. The van der Waals surface area contributed by atoms with Crippen LogP contribution in [-0.2, 0) is 0 Å². The number of carbonyl (C=O) groups is 1. The molecule has 4 heteroatoms.